The highest BCUT2D eigenvalue weighted by molar-refractivity contribution is 6.34. The van der Waals surface area contributed by atoms with Crippen LogP contribution in [0.15, 0.2) is 66.7 Å². The molecule has 1 aliphatic rings. The van der Waals surface area contributed by atoms with Crippen molar-refractivity contribution >= 4 is 29.3 Å². The fourth-order valence-electron chi connectivity index (χ4n) is 3.36. The first-order valence-corrected chi connectivity index (χ1v) is 9.28. The summed E-state index contributed by atoms with van der Waals surface area (Å²) in [6.45, 7) is 3.23. The van der Waals surface area contributed by atoms with Gasteiger partial charge in [0, 0.05) is 0 Å². The summed E-state index contributed by atoms with van der Waals surface area (Å²) < 4.78 is 5.43. The maximum absolute atomic E-state index is 12.7. The van der Waals surface area contributed by atoms with Crippen molar-refractivity contribution in [3.8, 4) is 5.75 Å². The van der Waals surface area contributed by atoms with E-state index in [0.29, 0.717) is 16.7 Å². The molecule has 0 spiro atoms. The van der Waals surface area contributed by atoms with Gasteiger partial charge in [-0.15, -0.1) is 0 Å². The van der Waals surface area contributed by atoms with Crippen LogP contribution >= 0.6 is 0 Å². The predicted molar refractivity (Wildman–Crippen MR) is 110 cm³/mol. The topological polar surface area (TPSA) is 80.8 Å². The summed E-state index contributed by atoms with van der Waals surface area (Å²) in [5, 5.41) is 0. The molecule has 0 saturated carbocycles. The molecule has 3 aromatic rings. The van der Waals surface area contributed by atoms with E-state index in [1.165, 1.54) is 19.1 Å². The molecule has 1 aliphatic heterocycles. The Morgan fingerprint density at radius 2 is 1.50 bits per heavy atom. The quantitative estimate of drug-likeness (QED) is 0.284. The lowest BCUT2D eigenvalue weighted by molar-refractivity contribution is 0.0731. The van der Waals surface area contributed by atoms with Crippen molar-refractivity contribution in [3.63, 3.8) is 0 Å². The highest BCUT2D eigenvalue weighted by Crippen LogP contribution is 2.29. The molecule has 4 rings (SSSR count). The van der Waals surface area contributed by atoms with Crippen molar-refractivity contribution in [1.29, 1.82) is 0 Å². The van der Waals surface area contributed by atoms with Crippen LogP contribution in [0.5, 0.6) is 5.75 Å². The molecule has 148 valence electrons. The summed E-state index contributed by atoms with van der Waals surface area (Å²) in [5.74, 6) is -1.65. The van der Waals surface area contributed by atoms with Gasteiger partial charge in [-0.25, -0.2) is 9.69 Å². The van der Waals surface area contributed by atoms with E-state index in [2.05, 4.69) is 0 Å². The number of nitrogens with zero attached hydrogens (tertiary/aromatic N) is 1. The Labute approximate surface area is 172 Å². The van der Waals surface area contributed by atoms with Crippen molar-refractivity contribution in [3.05, 3.63) is 94.5 Å². The zero-order valence-corrected chi connectivity index (χ0v) is 16.3. The van der Waals surface area contributed by atoms with Gasteiger partial charge in [-0.3, -0.25) is 14.4 Å². The molecule has 6 heteroatoms. The highest BCUT2D eigenvalue weighted by Gasteiger charge is 2.36. The maximum Gasteiger partial charge on any atom is 0.343 e. The second-order valence-corrected chi connectivity index (χ2v) is 6.99. The lowest BCUT2D eigenvalue weighted by Crippen LogP contribution is -2.29. The molecule has 0 atom stereocenters. The number of ether oxygens (including phenoxy) is 1. The van der Waals surface area contributed by atoms with E-state index in [-0.39, 0.29) is 22.8 Å². The fourth-order valence-corrected chi connectivity index (χ4v) is 3.36. The average molecular weight is 399 g/mol. The van der Waals surface area contributed by atoms with Crippen LogP contribution in [0.3, 0.4) is 0 Å². The van der Waals surface area contributed by atoms with E-state index in [0.717, 1.165) is 10.5 Å². The summed E-state index contributed by atoms with van der Waals surface area (Å²) in [6, 6.07) is 17.6. The number of esters is 1. The van der Waals surface area contributed by atoms with Gasteiger partial charge < -0.3 is 4.74 Å². The van der Waals surface area contributed by atoms with E-state index in [4.69, 9.17) is 4.74 Å². The Bertz CT molecular complexity index is 1190. The Kier molecular flexibility index (Phi) is 4.75. The molecule has 0 unspecified atom stereocenters. The third kappa shape index (κ3) is 3.28. The second-order valence-electron chi connectivity index (χ2n) is 6.99. The Morgan fingerprint density at radius 3 is 2.13 bits per heavy atom. The SMILES string of the molecule is CC(=O)c1cc(C)ccc1OC(=O)c1cccc(N2C(=O)c3ccccc3C2=O)c1. The molecule has 0 N–H and O–H groups in total. The van der Waals surface area contributed by atoms with Crippen LogP contribution in [0.4, 0.5) is 5.69 Å². The minimum atomic E-state index is -0.695. The molecule has 3 aromatic carbocycles. The van der Waals surface area contributed by atoms with Gasteiger partial charge in [-0.05, 0) is 56.3 Å². The monoisotopic (exact) mass is 399 g/mol. The molecule has 0 aliphatic carbocycles. The van der Waals surface area contributed by atoms with Gasteiger partial charge in [-0.1, -0.05) is 29.8 Å². The third-order valence-corrected chi connectivity index (χ3v) is 4.85. The number of imide groups is 1. The van der Waals surface area contributed by atoms with Crippen LogP contribution < -0.4 is 9.64 Å². The van der Waals surface area contributed by atoms with E-state index in [9.17, 15) is 19.2 Å². The van der Waals surface area contributed by atoms with Crippen LogP contribution in [-0.4, -0.2) is 23.6 Å². The van der Waals surface area contributed by atoms with Gasteiger partial charge >= 0.3 is 5.97 Å². The molecule has 6 nitrogen and oxygen atoms in total. The van der Waals surface area contributed by atoms with Gasteiger partial charge in [0.15, 0.2) is 5.78 Å². The van der Waals surface area contributed by atoms with Crippen molar-refractivity contribution in [1.82, 2.24) is 0 Å². The van der Waals surface area contributed by atoms with Crippen molar-refractivity contribution in [2.45, 2.75) is 13.8 Å². The smallest absolute Gasteiger partial charge is 0.343 e. The first-order valence-electron chi connectivity index (χ1n) is 9.28. The second kappa shape index (κ2) is 7.40. The van der Waals surface area contributed by atoms with Gasteiger partial charge in [-0.2, -0.15) is 0 Å². The molecule has 30 heavy (non-hydrogen) atoms. The number of carbonyl (C=O) groups is 4. The zero-order valence-electron chi connectivity index (χ0n) is 16.3. The summed E-state index contributed by atoms with van der Waals surface area (Å²) in [5.41, 5.74) is 2.24. The van der Waals surface area contributed by atoms with Gasteiger partial charge in [0.2, 0.25) is 0 Å². The first kappa shape index (κ1) is 19.3. The molecular weight excluding hydrogens is 382 g/mol. The molecule has 0 bridgehead atoms. The Balaban J connectivity index is 1.64. The number of anilines is 1. The van der Waals surface area contributed by atoms with Crippen molar-refractivity contribution < 1.29 is 23.9 Å². The van der Waals surface area contributed by atoms with Gasteiger partial charge in [0.25, 0.3) is 11.8 Å². The molecule has 0 aromatic heterocycles. The lowest BCUT2D eigenvalue weighted by Gasteiger charge is -2.15. The van der Waals surface area contributed by atoms with Crippen molar-refractivity contribution in [2.75, 3.05) is 4.90 Å². The predicted octanol–water partition coefficient (Wildman–Crippen LogP) is 4.22. The van der Waals surface area contributed by atoms with Crippen LogP contribution in [0.2, 0.25) is 0 Å². The summed E-state index contributed by atoms with van der Waals surface area (Å²) >= 11 is 0. The third-order valence-electron chi connectivity index (χ3n) is 4.85. The fraction of sp³-hybridized carbons (Fsp3) is 0.0833. The number of ketones is 1. The Hall–Kier alpha value is -4.06. The van der Waals surface area contributed by atoms with E-state index in [1.54, 1.807) is 54.6 Å². The van der Waals surface area contributed by atoms with Crippen LogP contribution in [-0.2, 0) is 0 Å². The average Bonchev–Trinajstić information content (AvgIpc) is 3.00. The highest BCUT2D eigenvalue weighted by atomic mass is 16.5. The maximum atomic E-state index is 12.7. The molecule has 0 fully saturated rings. The summed E-state index contributed by atoms with van der Waals surface area (Å²) in [6.07, 6.45) is 0. The first-order chi connectivity index (χ1) is 14.4. The largest absolute Gasteiger partial charge is 0.422 e. The van der Waals surface area contributed by atoms with E-state index in [1.807, 2.05) is 6.92 Å². The molecule has 0 radical (unpaired) electrons. The van der Waals surface area contributed by atoms with E-state index >= 15 is 0 Å². The number of benzene rings is 3. The number of hydrogen-bond donors (Lipinski definition) is 0. The number of Topliss-reactive ketones (excluding diaryl/α,β-unsaturated/α-hetero) is 1. The van der Waals surface area contributed by atoms with Crippen LogP contribution in [0.1, 0.15) is 53.9 Å². The van der Waals surface area contributed by atoms with E-state index < -0.39 is 17.8 Å². The normalized spacial score (nSPS) is 12.7. The number of carbonyl (C=O) groups excluding carboxylic acids is 4. The van der Waals surface area contributed by atoms with Gasteiger partial charge in [0.1, 0.15) is 5.75 Å². The molecule has 0 saturated heterocycles. The number of rotatable bonds is 4. The number of aryl methyl sites for hydroxylation is 1. The standard InChI is InChI=1S/C24H17NO5/c1-14-10-11-21(20(12-14)15(2)26)30-24(29)16-6-5-7-17(13-16)25-22(27)18-8-3-4-9-19(18)23(25)28/h3-13H,1-2H3. The lowest BCUT2D eigenvalue weighted by atomic mass is 10.1. The number of hydrogen-bond acceptors (Lipinski definition) is 5. The number of fused-ring (bicyclic) bond motifs is 1. The van der Waals surface area contributed by atoms with Crippen molar-refractivity contribution in [2.24, 2.45) is 0 Å². The minimum Gasteiger partial charge on any atom is -0.422 e. The minimum absolute atomic E-state index is 0.152. The molecule has 1 heterocycles. The summed E-state index contributed by atoms with van der Waals surface area (Å²) in [7, 11) is 0. The summed E-state index contributed by atoms with van der Waals surface area (Å²) in [4.78, 5) is 51.0. The molecular formula is C24H17NO5. The Morgan fingerprint density at radius 1 is 0.833 bits per heavy atom. The van der Waals surface area contributed by atoms with Crippen LogP contribution in [0.25, 0.3) is 0 Å². The van der Waals surface area contributed by atoms with Crippen LogP contribution in [0, 0.1) is 6.92 Å². The molecule has 2 amide bonds. The van der Waals surface area contributed by atoms with Gasteiger partial charge in [0.05, 0.1) is 27.9 Å². The zero-order chi connectivity index (χ0) is 21.4. The number of amides is 2.